The second kappa shape index (κ2) is 3.79. The Bertz CT molecular complexity index is 680. The highest BCUT2D eigenvalue weighted by Crippen LogP contribution is 2.30. The van der Waals surface area contributed by atoms with Crippen molar-refractivity contribution in [3.05, 3.63) is 24.4 Å². The number of H-pyrrole nitrogens is 1. The van der Waals surface area contributed by atoms with Crippen LogP contribution < -0.4 is 4.90 Å². The van der Waals surface area contributed by atoms with Gasteiger partial charge in [-0.25, -0.2) is 4.79 Å². The lowest BCUT2D eigenvalue weighted by molar-refractivity contribution is -0.162. The third-order valence-corrected chi connectivity index (χ3v) is 3.39. The number of carboxylic acid groups (broad SMARTS) is 1. The molecule has 1 saturated heterocycles. The Morgan fingerprint density at radius 3 is 2.95 bits per heavy atom. The summed E-state index contributed by atoms with van der Waals surface area (Å²) in [5.41, 5.74) is -0.939. The van der Waals surface area contributed by atoms with E-state index in [-0.39, 0.29) is 13.0 Å². The van der Waals surface area contributed by atoms with Gasteiger partial charge in [0, 0.05) is 24.0 Å². The molecular weight excluding hydrogens is 250 g/mol. The zero-order valence-corrected chi connectivity index (χ0v) is 9.83. The molecule has 0 bridgehead atoms. The van der Waals surface area contributed by atoms with E-state index in [1.807, 2.05) is 0 Å². The monoisotopic (exact) mass is 261 g/mol. The summed E-state index contributed by atoms with van der Waals surface area (Å²) in [6, 6.07) is 5.17. The fourth-order valence-electron chi connectivity index (χ4n) is 2.25. The lowest BCUT2D eigenvalue weighted by atomic mass is 10.0. The second-order valence-electron chi connectivity index (χ2n) is 4.51. The molecule has 2 aromatic rings. The number of hydrogen-bond donors (Lipinski definition) is 3. The highest BCUT2D eigenvalue weighted by atomic mass is 16.4. The number of hydrogen-bond acceptors (Lipinski definition) is 4. The standard InChI is InChI=1S/C12H11N3O4/c16-10-12(19,11(17)18)3-4-15(10)8-1-2-9-7(5-8)6-13-14-9/h1-2,5-6,19H,3-4H2,(H,13,14)(H,17,18)/t12-/m1/s1. The van der Waals surface area contributed by atoms with E-state index in [2.05, 4.69) is 10.2 Å². The summed E-state index contributed by atoms with van der Waals surface area (Å²) in [5, 5.41) is 26.2. The molecule has 0 spiro atoms. The SMILES string of the molecule is O=C(O)[C@@]1(O)CCN(c2ccc3[nH]ncc3c2)C1=O. The number of benzene rings is 1. The number of carbonyl (C=O) groups excluding carboxylic acids is 1. The van der Waals surface area contributed by atoms with E-state index in [1.54, 1.807) is 24.4 Å². The van der Waals surface area contributed by atoms with Crippen molar-refractivity contribution in [2.24, 2.45) is 0 Å². The van der Waals surface area contributed by atoms with Crippen LogP contribution in [0, 0.1) is 0 Å². The van der Waals surface area contributed by atoms with E-state index in [0.717, 1.165) is 10.9 Å². The average Bonchev–Trinajstić information content (AvgIpc) is 2.95. The number of amides is 1. The quantitative estimate of drug-likeness (QED) is 0.665. The number of aromatic amines is 1. The van der Waals surface area contributed by atoms with Crippen molar-refractivity contribution in [1.29, 1.82) is 0 Å². The Kier molecular flexibility index (Phi) is 2.33. The van der Waals surface area contributed by atoms with Gasteiger partial charge in [0.05, 0.1) is 11.7 Å². The predicted octanol–water partition coefficient (Wildman–Crippen LogP) is 0.115. The zero-order valence-electron chi connectivity index (χ0n) is 9.83. The van der Waals surface area contributed by atoms with Crippen molar-refractivity contribution in [2.75, 3.05) is 11.4 Å². The normalized spacial score (nSPS) is 23.2. The Morgan fingerprint density at radius 2 is 2.26 bits per heavy atom. The van der Waals surface area contributed by atoms with Gasteiger partial charge >= 0.3 is 5.97 Å². The molecule has 7 nitrogen and oxygen atoms in total. The first kappa shape index (κ1) is 11.7. The molecule has 1 aliphatic rings. The number of aliphatic carboxylic acids is 1. The van der Waals surface area contributed by atoms with Gasteiger partial charge in [0.1, 0.15) is 0 Å². The van der Waals surface area contributed by atoms with Gasteiger partial charge in [0.2, 0.25) is 5.60 Å². The first-order chi connectivity index (χ1) is 9.02. The van der Waals surface area contributed by atoms with Crippen molar-refractivity contribution in [1.82, 2.24) is 10.2 Å². The van der Waals surface area contributed by atoms with Crippen LogP contribution >= 0.6 is 0 Å². The number of fused-ring (bicyclic) bond motifs is 1. The molecule has 0 unspecified atom stereocenters. The molecule has 0 saturated carbocycles. The summed E-state index contributed by atoms with van der Waals surface area (Å²) in [6.07, 6.45) is 1.49. The fraction of sp³-hybridized carbons (Fsp3) is 0.250. The van der Waals surface area contributed by atoms with Crippen molar-refractivity contribution >= 4 is 28.5 Å². The molecule has 3 rings (SSSR count). The van der Waals surface area contributed by atoms with E-state index in [0.29, 0.717) is 5.69 Å². The number of nitrogens with one attached hydrogen (secondary N) is 1. The number of carboxylic acids is 1. The van der Waals surface area contributed by atoms with Crippen LogP contribution in [0.1, 0.15) is 6.42 Å². The molecule has 7 heteroatoms. The molecule has 0 radical (unpaired) electrons. The molecule has 19 heavy (non-hydrogen) atoms. The van der Waals surface area contributed by atoms with Gasteiger partial charge in [-0.05, 0) is 18.2 Å². The predicted molar refractivity (Wildman–Crippen MR) is 65.6 cm³/mol. The molecule has 98 valence electrons. The van der Waals surface area contributed by atoms with Crippen molar-refractivity contribution in [2.45, 2.75) is 12.0 Å². The molecule has 1 amide bonds. The maximum Gasteiger partial charge on any atom is 0.345 e. The van der Waals surface area contributed by atoms with E-state index >= 15 is 0 Å². The van der Waals surface area contributed by atoms with Crippen LogP contribution in [0.25, 0.3) is 10.9 Å². The molecular formula is C12H11N3O4. The minimum Gasteiger partial charge on any atom is -0.479 e. The van der Waals surface area contributed by atoms with E-state index in [9.17, 15) is 14.7 Å². The number of rotatable bonds is 2. The third kappa shape index (κ3) is 1.59. The number of carbonyl (C=O) groups is 2. The maximum absolute atomic E-state index is 12.0. The van der Waals surface area contributed by atoms with Crippen LogP contribution in [0.15, 0.2) is 24.4 Å². The van der Waals surface area contributed by atoms with Crippen LogP contribution in [0.5, 0.6) is 0 Å². The molecule has 1 atom stereocenters. The summed E-state index contributed by atoms with van der Waals surface area (Å²) >= 11 is 0. The van der Waals surface area contributed by atoms with E-state index < -0.39 is 17.5 Å². The van der Waals surface area contributed by atoms with E-state index in [1.165, 1.54) is 4.90 Å². The average molecular weight is 261 g/mol. The summed E-state index contributed by atoms with van der Waals surface area (Å²) in [5.74, 6) is -2.31. The van der Waals surface area contributed by atoms with Crippen molar-refractivity contribution in [3.8, 4) is 0 Å². The number of aliphatic hydroxyl groups is 1. The molecule has 0 aliphatic carbocycles. The van der Waals surface area contributed by atoms with Crippen LogP contribution in [-0.4, -0.2) is 44.4 Å². The molecule has 1 aromatic carbocycles. The van der Waals surface area contributed by atoms with Gasteiger partial charge in [-0.15, -0.1) is 0 Å². The Morgan fingerprint density at radius 1 is 1.47 bits per heavy atom. The van der Waals surface area contributed by atoms with Gasteiger partial charge in [0.25, 0.3) is 5.91 Å². The van der Waals surface area contributed by atoms with Crippen LogP contribution in [-0.2, 0) is 9.59 Å². The molecule has 1 aliphatic heterocycles. The fourth-order valence-corrected chi connectivity index (χ4v) is 2.25. The minimum absolute atomic E-state index is 0.120. The van der Waals surface area contributed by atoms with Gasteiger partial charge in [-0.2, -0.15) is 5.10 Å². The van der Waals surface area contributed by atoms with Crippen LogP contribution in [0.3, 0.4) is 0 Å². The molecule has 2 heterocycles. The van der Waals surface area contributed by atoms with Crippen molar-refractivity contribution in [3.63, 3.8) is 0 Å². The molecule has 3 N–H and O–H groups in total. The van der Waals surface area contributed by atoms with Gasteiger partial charge < -0.3 is 15.1 Å². The van der Waals surface area contributed by atoms with Crippen molar-refractivity contribution < 1.29 is 19.8 Å². The number of anilines is 1. The highest BCUT2D eigenvalue weighted by molar-refractivity contribution is 6.14. The largest absolute Gasteiger partial charge is 0.479 e. The minimum atomic E-state index is -2.31. The molecule has 1 fully saturated rings. The topological polar surface area (TPSA) is 107 Å². The second-order valence-corrected chi connectivity index (χ2v) is 4.51. The number of nitrogens with zero attached hydrogens (tertiary/aromatic N) is 2. The Labute approximate surface area is 107 Å². The summed E-state index contributed by atoms with van der Waals surface area (Å²) in [4.78, 5) is 24.3. The lowest BCUT2D eigenvalue weighted by Gasteiger charge is -2.18. The summed E-state index contributed by atoms with van der Waals surface area (Å²) in [6.45, 7) is 0.172. The Hall–Kier alpha value is -2.41. The lowest BCUT2D eigenvalue weighted by Crippen LogP contribution is -2.46. The van der Waals surface area contributed by atoms with E-state index in [4.69, 9.17) is 5.11 Å². The summed E-state index contributed by atoms with van der Waals surface area (Å²) in [7, 11) is 0. The van der Waals surface area contributed by atoms with Crippen LogP contribution in [0.4, 0.5) is 5.69 Å². The third-order valence-electron chi connectivity index (χ3n) is 3.39. The first-order valence-electron chi connectivity index (χ1n) is 5.73. The number of aromatic nitrogens is 2. The summed E-state index contributed by atoms with van der Waals surface area (Å²) < 4.78 is 0. The highest BCUT2D eigenvalue weighted by Gasteiger charge is 2.52. The van der Waals surface area contributed by atoms with Gasteiger partial charge in [-0.3, -0.25) is 9.89 Å². The first-order valence-corrected chi connectivity index (χ1v) is 5.73. The van der Waals surface area contributed by atoms with Gasteiger partial charge in [0.15, 0.2) is 0 Å². The molecule has 1 aromatic heterocycles. The Balaban J connectivity index is 1.99. The smallest absolute Gasteiger partial charge is 0.345 e. The maximum atomic E-state index is 12.0. The van der Waals surface area contributed by atoms with Crippen LogP contribution in [0.2, 0.25) is 0 Å². The zero-order chi connectivity index (χ0) is 13.6. The van der Waals surface area contributed by atoms with Gasteiger partial charge in [-0.1, -0.05) is 0 Å².